The van der Waals surface area contributed by atoms with Gasteiger partial charge in [0.25, 0.3) is 0 Å². The van der Waals surface area contributed by atoms with E-state index in [0.29, 0.717) is 0 Å². The fourth-order valence-electron chi connectivity index (χ4n) is 1.29. The first-order valence-electron chi connectivity index (χ1n) is 4.90. The maximum atomic E-state index is 5.41. The van der Waals surface area contributed by atoms with E-state index in [4.69, 9.17) is 5.73 Å². The Labute approximate surface area is 94.0 Å². The first-order chi connectivity index (χ1) is 6.74. The minimum absolute atomic E-state index is 0.752. The molecule has 14 heavy (non-hydrogen) atoms. The molecule has 2 nitrogen and oxygen atoms in total. The van der Waals surface area contributed by atoms with E-state index in [1.54, 1.807) is 0 Å². The molecule has 1 rings (SSSR count). The molecule has 0 saturated heterocycles. The first kappa shape index (κ1) is 11.7. The van der Waals surface area contributed by atoms with Crippen LogP contribution in [-0.4, -0.2) is 13.1 Å². The maximum Gasteiger partial charge on any atom is 0.0220 e. The number of hydrogen-bond acceptors (Lipinski definition) is 2. The van der Waals surface area contributed by atoms with Gasteiger partial charge in [-0.25, -0.2) is 0 Å². The highest BCUT2D eigenvalue weighted by Gasteiger charge is 1.98. The largest absolute Gasteiger partial charge is 0.330 e. The second kappa shape index (κ2) is 6.17. The number of halogens is 1. The van der Waals surface area contributed by atoms with E-state index in [2.05, 4.69) is 46.4 Å². The zero-order valence-corrected chi connectivity index (χ0v) is 10.1. The molecule has 0 aliphatic heterocycles. The van der Waals surface area contributed by atoms with Crippen molar-refractivity contribution in [1.29, 1.82) is 0 Å². The van der Waals surface area contributed by atoms with Gasteiger partial charge in [-0.15, -0.1) is 0 Å². The lowest BCUT2D eigenvalue weighted by atomic mass is 10.1. The van der Waals surface area contributed by atoms with Crippen LogP contribution in [-0.2, 0) is 6.54 Å². The third kappa shape index (κ3) is 3.78. The Hall–Kier alpha value is -0.380. The lowest BCUT2D eigenvalue weighted by molar-refractivity contribution is 0.654. The molecule has 0 aromatic heterocycles. The molecule has 0 spiro atoms. The average molecular weight is 257 g/mol. The summed E-state index contributed by atoms with van der Waals surface area (Å²) in [5.74, 6) is 0. The molecule has 0 aliphatic carbocycles. The molecule has 0 radical (unpaired) electrons. The fourth-order valence-corrected chi connectivity index (χ4v) is 1.68. The normalized spacial score (nSPS) is 10.5. The van der Waals surface area contributed by atoms with Crippen molar-refractivity contribution in [1.82, 2.24) is 5.32 Å². The summed E-state index contributed by atoms with van der Waals surface area (Å²) in [4.78, 5) is 0. The zero-order valence-electron chi connectivity index (χ0n) is 8.52. The number of benzene rings is 1. The smallest absolute Gasteiger partial charge is 0.0220 e. The maximum absolute atomic E-state index is 5.41. The second-order valence-corrected chi connectivity index (χ2v) is 4.27. The monoisotopic (exact) mass is 256 g/mol. The van der Waals surface area contributed by atoms with E-state index >= 15 is 0 Å². The Bertz CT molecular complexity index is 287. The quantitative estimate of drug-likeness (QED) is 0.793. The summed E-state index contributed by atoms with van der Waals surface area (Å²) >= 11 is 3.53. The summed E-state index contributed by atoms with van der Waals surface area (Å²) in [5, 5.41) is 3.36. The molecule has 0 bridgehead atoms. The van der Waals surface area contributed by atoms with E-state index in [-0.39, 0.29) is 0 Å². The second-order valence-electron chi connectivity index (χ2n) is 3.41. The summed E-state index contributed by atoms with van der Waals surface area (Å²) in [6, 6.07) is 6.39. The molecule has 0 heterocycles. The highest BCUT2D eigenvalue weighted by Crippen LogP contribution is 2.17. The lowest BCUT2D eigenvalue weighted by Gasteiger charge is -2.07. The van der Waals surface area contributed by atoms with E-state index in [9.17, 15) is 0 Å². The SMILES string of the molecule is Cc1ccc(Br)c(CNCCCN)c1. The number of hydrogen-bond donors (Lipinski definition) is 2. The van der Waals surface area contributed by atoms with Crippen molar-refractivity contribution in [2.24, 2.45) is 5.73 Å². The van der Waals surface area contributed by atoms with Gasteiger partial charge in [-0.2, -0.15) is 0 Å². The molecule has 0 fully saturated rings. The average Bonchev–Trinajstić information content (AvgIpc) is 2.18. The van der Waals surface area contributed by atoms with Crippen LogP contribution < -0.4 is 11.1 Å². The predicted octanol–water partition coefficient (Wildman–Crippen LogP) is 2.20. The molecular formula is C11H17BrN2. The van der Waals surface area contributed by atoms with Gasteiger partial charge in [-0.05, 0) is 38.1 Å². The van der Waals surface area contributed by atoms with Gasteiger partial charge in [0.15, 0.2) is 0 Å². The van der Waals surface area contributed by atoms with Crippen LogP contribution in [0.3, 0.4) is 0 Å². The summed E-state index contributed by atoms with van der Waals surface area (Å²) in [7, 11) is 0. The van der Waals surface area contributed by atoms with E-state index in [1.807, 2.05) is 0 Å². The summed E-state index contributed by atoms with van der Waals surface area (Å²) < 4.78 is 1.17. The Morgan fingerprint density at radius 1 is 1.43 bits per heavy atom. The Morgan fingerprint density at radius 3 is 2.93 bits per heavy atom. The minimum Gasteiger partial charge on any atom is -0.330 e. The predicted molar refractivity (Wildman–Crippen MR) is 64.3 cm³/mol. The summed E-state index contributed by atoms with van der Waals surface area (Å²) in [5.41, 5.74) is 8.02. The highest BCUT2D eigenvalue weighted by atomic mass is 79.9. The van der Waals surface area contributed by atoms with Gasteiger partial charge < -0.3 is 11.1 Å². The molecule has 1 aromatic rings. The van der Waals surface area contributed by atoms with Gasteiger partial charge in [0.1, 0.15) is 0 Å². The van der Waals surface area contributed by atoms with Crippen molar-refractivity contribution in [3.63, 3.8) is 0 Å². The van der Waals surface area contributed by atoms with Gasteiger partial charge in [0.05, 0.1) is 0 Å². The van der Waals surface area contributed by atoms with Crippen LogP contribution in [0.1, 0.15) is 17.5 Å². The van der Waals surface area contributed by atoms with Crippen LogP contribution in [0.4, 0.5) is 0 Å². The summed E-state index contributed by atoms with van der Waals surface area (Å²) in [6.07, 6.45) is 1.03. The molecule has 0 atom stereocenters. The molecule has 0 aliphatic rings. The van der Waals surface area contributed by atoms with E-state index in [1.165, 1.54) is 15.6 Å². The van der Waals surface area contributed by atoms with E-state index in [0.717, 1.165) is 26.1 Å². The zero-order chi connectivity index (χ0) is 10.4. The van der Waals surface area contributed by atoms with Crippen molar-refractivity contribution < 1.29 is 0 Å². The number of rotatable bonds is 5. The van der Waals surface area contributed by atoms with E-state index < -0.39 is 0 Å². The molecule has 0 saturated carbocycles. The van der Waals surface area contributed by atoms with Gasteiger partial charge in [0, 0.05) is 11.0 Å². The Morgan fingerprint density at radius 2 is 2.21 bits per heavy atom. The number of nitrogens with two attached hydrogens (primary N) is 1. The molecule has 78 valence electrons. The molecular weight excluding hydrogens is 240 g/mol. The number of aryl methyl sites for hydroxylation is 1. The summed E-state index contributed by atoms with van der Waals surface area (Å²) in [6.45, 7) is 4.75. The fraction of sp³-hybridized carbons (Fsp3) is 0.455. The van der Waals surface area contributed by atoms with Crippen molar-refractivity contribution in [3.8, 4) is 0 Å². The van der Waals surface area contributed by atoms with Crippen LogP contribution in [0.25, 0.3) is 0 Å². The standard InChI is InChI=1S/C11H17BrN2/c1-9-3-4-11(12)10(7-9)8-14-6-2-5-13/h3-4,7,14H,2,5-6,8,13H2,1H3. The van der Waals surface area contributed by atoms with Crippen molar-refractivity contribution >= 4 is 15.9 Å². The minimum atomic E-state index is 0.752. The first-order valence-corrected chi connectivity index (χ1v) is 5.69. The van der Waals surface area contributed by atoms with Crippen LogP contribution in [0, 0.1) is 6.92 Å². The molecule has 0 amide bonds. The van der Waals surface area contributed by atoms with Gasteiger partial charge in [-0.1, -0.05) is 33.6 Å². The van der Waals surface area contributed by atoms with Crippen LogP contribution >= 0.6 is 15.9 Å². The Balaban J connectivity index is 2.45. The Kier molecular flexibility index (Phi) is 5.15. The van der Waals surface area contributed by atoms with Crippen LogP contribution in [0.5, 0.6) is 0 Å². The topological polar surface area (TPSA) is 38.0 Å². The van der Waals surface area contributed by atoms with Crippen molar-refractivity contribution in [2.45, 2.75) is 19.9 Å². The molecule has 0 unspecified atom stereocenters. The van der Waals surface area contributed by atoms with Crippen molar-refractivity contribution in [2.75, 3.05) is 13.1 Å². The van der Waals surface area contributed by atoms with Gasteiger partial charge >= 0.3 is 0 Å². The highest BCUT2D eigenvalue weighted by molar-refractivity contribution is 9.10. The number of nitrogens with one attached hydrogen (secondary N) is 1. The third-order valence-electron chi connectivity index (χ3n) is 2.07. The lowest BCUT2D eigenvalue weighted by Crippen LogP contribution is -2.17. The third-order valence-corrected chi connectivity index (χ3v) is 2.85. The molecule has 3 N–H and O–H groups in total. The van der Waals surface area contributed by atoms with Gasteiger partial charge in [0.2, 0.25) is 0 Å². The molecule has 1 aromatic carbocycles. The van der Waals surface area contributed by atoms with Crippen LogP contribution in [0.2, 0.25) is 0 Å². The van der Waals surface area contributed by atoms with Crippen LogP contribution in [0.15, 0.2) is 22.7 Å². The molecule has 3 heteroatoms. The van der Waals surface area contributed by atoms with Gasteiger partial charge in [-0.3, -0.25) is 0 Å². The van der Waals surface area contributed by atoms with Crippen molar-refractivity contribution in [3.05, 3.63) is 33.8 Å².